The summed E-state index contributed by atoms with van der Waals surface area (Å²) in [6.07, 6.45) is 1.65. The topological polar surface area (TPSA) is 105 Å². The minimum atomic E-state index is -0.500. The van der Waals surface area contributed by atoms with Crippen LogP contribution in [0.15, 0.2) is 65.1 Å². The van der Waals surface area contributed by atoms with Gasteiger partial charge < -0.3 is 10.1 Å². The van der Waals surface area contributed by atoms with Crippen molar-refractivity contribution in [2.24, 2.45) is 0 Å². The van der Waals surface area contributed by atoms with Gasteiger partial charge in [0.05, 0.1) is 31.1 Å². The predicted molar refractivity (Wildman–Crippen MR) is 131 cm³/mol. The fourth-order valence-electron chi connectivity index (χ4n) is 2.75. The molecule has 1 N–H and O–H groups in total. The summed E-state index contributed by atoms with van der Waals surface area (Å²) in [5.41, 5.74) is 2.03. The third-order valence-corrected chi connectivity index (χ3v) is 5.70. The molecule has 0 radical (unpaired) electrons. The van der Waals surface area contributed by atoms with Crippen molar-refractivity contribution in [2.75, 3.05) is 11.9 Å². The summed E-state index contributed by atoms with van der Waals surface area (Å²) in [6, 6.07) is 17.7. The molecule has 10 heteroatoms. The maximum atomic E-state index is 12.2. The van der Waals surface area contributed by atoms with Gasteiger partial charge >= 0.3 is 0 Å². The fourth-order valence-corrected chi connectivity index (χ4v) is 3.56. The largest absolute Gasteiger partial charge is 0.483 e. The predicted octanol–water partition coefficient (Wildman–Crippen LogP) is 6.75. The van der Waals surface area contributed by atoms with Gasteiger partial charge in [0.1, 0.15) is 5.75 Å². The Kier molecular flexibility index (Phi) is 8.06. The summed E-state index contributed by atoms with van der Waals surface area (Å²) in [5, 5.41) is 23.7. The number of benzene rings is 3. The van der Waals surface area contributed by atoms with E-state index in [0.717, 1.165) is 0 Å². The molecule has 0 atom stereocenters. The van der Waals surface area contributed by atoms with Crippen LogP contribution >= 0.6 is 39.1 Å². The lowest BCUT2D eigenvalue weighted by Crippen LogP contribution is -2.20. The molecule has 1 amide bonds. The van der Waals surface area contributed by atoms with Gasteiger partial charge in [-0.3, -0.25) is 14.9 Å². The number of halogens is 3. The zero-order valence-corrected chi connectivity index (χ0v) is 19.8. The van der Waals surface area contributed by atoms with Crippen LogP contribution in [0.2, 0.25) is 10.0 Å². The maximum Gasteiger partial charge on any atom is 0.269 e. The highest BCUT2D eigenvalue weighted by molar-refractivity contribution is 9.10. The molecule has 7 nitrogen and oxygen atoms in total. The van der Waals surface area contributed by atoms with Crippen molar-refractivity contribution in [1.29, 1.82) is 5.26 Å². The summed E-state index contributed by atoms with van der Waals surface area (Å²) in [6.45, 7) is -0.236. The number of nitro benzene ring substituents is 1. The Morgan fingerprint density at radius 3 is 2.45 bits per heavy atom. The summed E-state index contributed by atoms with van der Waals surface area (Å²) in [4.78, 5) is 22.5. The van der Waals surface area contributed by atoms with Crippen LogP contribution in [-0.4, -0.2) is 17.4 Å². The van der Waals surface area contributed by atoms with Crippen LogP contribution in [0.4, 0.5) is 11.4 Å². The number of hydrogen-bond acceptors (Lipinski definition) is 5. The highest BCUT2D eigenvalue weighted by Crippen LogP contribution is 2.29. The molecule has 0 aliphatic carbocycles. The Labute approximate surface area is 207 Å². The van der Waals surface area contributed by atoms with E-state index in [1.165, 1.54) is 30.3 Å². The minimum absolute atomic E-state index is 0.0523. The van der Waals surface area contributed by atoms with Gasteiger partial charge in [0.2, 0.25) is 0 Å². The van der Waals surface area contributed by atoms with Crippen molar-refractivity contribution in [3.8, 4) is 11.8 Å². The van der Waals surface area contributed by atoms with E-state index in [9.17, 15) is 20.2 Å². The van der Waals surface area contributed by atoms with Crippen LogP contribution in [0.5, 0.6) is 5.75 Å². The number of hydrogen-bond donors (Lipinski definition) is 1. The number of carbonyl (C=O) groups is 1. The number of non-ortho nitro benzene ring substituents is 1. The number of allylic oxidation sites excluding steroid dienone is 1. The highest BCUT2D eigenvalue weighted by Gasteiger charge is 2.10. The lowest BCUT2D eigenvalue weighted by atomic mass is 10.0. The first-order valence-corrected chi connectivity index (χ1v) is 10.9. The van der Waals surface area contributed by atoms with Crippen molar-refractivity contribution in [3.05, 3.63) is 96.4 Å². The molecule has 0 bridgehead atoms. The lowest BCUT2D eigenvalue weighted by molar-refractivity contribution is -0.384. The van der Waals surface area contributed by atoms with Crippen LogP contribution in [-0.2, 0) is 4.79 Å². The number of amides is 1. The first-order valence-electron chi connectivity index (χ1n) is 9.30. The van der Waals surface area contributed by atoms with Crippen molar-refractivity contribution in [2.45, 2.75) is 0 Å². The number of carbonyl (C=O) groups excluding carboxylic acids is 1. The van der Waals surface area contributed by atoms with Gasteiger partial charge in [0.25, 0.3) is 11.6 Å². The van der Waals surface area contributed by atoms with E-state index in [-0.39, 0.29) is 18.2 Å². The van der Waals surface area contributed by atoms with E-state index in [2.05, 4.69) is 27.3 Å². The van der Waals surface area contributed by atoms with Gasteiger partial charge in [-0.05, 0) is 75.6 Å². The Balaban J connectivity index is 1.67. The zero-order valence-electron chi connectivity index (χ0n) is 16.7. The second kappa shape index (κ2) is 11.0. The van der Waals surface area contributed by atoms with Gasteiger partial charge in [-0.1, -0.05) is 29.3 Å². The molecule has 0 aliphatic heterocycles. The van der Waals surface area contributed by atoms with E-state index in [1.54, 1.807) is 36.4 Å². The Morgan fingerprint density at radius 2 is 1.85 bits per heavy atom. The van der Waals surface area contributed by atoms with E-state index in [4.69, 9.17) is 27.9 Å². The average molecular weight is 547 g/mol. The van der Waals surface area contributed by atoms with Gasteiger partial charge in [0, 0.05) is 17.8 Å². The van der Waals surface area contributed by atoms with E-state index < -0.39 is 4.92 Å². The molecule has 0 saturated heterocycles. The normalized spacial score (nSPS) is 10.9. The molecule has 0 fully saturated rings. The molecule has 166 valence electrons. The third-order valence-electron chi connectivity index (χ3n) is 4.34. The second-order valence-electron chi connectivity index (χ2n) is 6.63. The number of nitro groups is 1. The Hall–Kier alpha value is -3.38. The van der Waals surface area contributed by atoms with Gasteiger partial charge in [-0.25, -0.2) is 0 Å². The average Bonchev–Trinajstić information content (AvgIpc) is 2.79. The smallest absolute Gasteiger partial charge is 0.269 e. The summed E-state index contributed by atoms with van der Waals surface area (Å²) < 4.78 is 6.15. The number of rotatable bonds is 7. The lowest BCUT2D eigenvalue weighted by Gasteiger charge is -2.10. The number of nitrogens with zero attached hydrogens (tertiary/aromatic N) is 2. The van der Waals surface area contributed by atoms with E-state index >= 15 is 0 Å². The molecule has 0 aromatic heterocycles. The Bertz CT molecular complexity index is 1290. The quantitative estimate of drug-likeness (QED) is 0.153. The Morgan fingerprint density at radius 1 is 1.12 bits per heavy atom. The third kappa shape index (κ3) is 6.56. The molecule has 3 aromatic rings. The summed E-state index contributed by atoms with van der Waals surface area (Å²) in [5.74, 6) is 0.0551. The minimum Gasteiger partial charge on any atom is -0.483 e. The van der Waals surface area contributed by atoms with E-state index in [1.807, 2.05) is 0 Å². The standard InChI is InChI=1S/C23H14BrCl2N3O4/c24-19-10-14(9-16(12-27)15-2-5-18(6-3-15)29(31)32)1-8-22(19)33-13-23(30)28-17-4-7-20(25)21(26)11-17/h1-11H,13H2,(H,28,30)/b16-9+. The summed E-state index contributed by atoms with van der Waals surface area (Å²) >= 11 is 15.2. The molecule has 0 heterocycles. The SMILES string of the molecule is N#C/C(=C\c1ccc(OCC(=O)Nc2ccc(Cl)c(Cl)c2)c(Br)c1)c1ccc([N+](=O)[O-])cc1. The van der Waals surface area contributed by atoms with Gasteiger partial charge in [-0.15, -0.1) is 0 Å². The molecule has 3 aromatic carbocycles. The van der Waals surface area contributed by atoms with Crippen LogP contribution in [0, 0.1) is 21.4 Å². The summed E-state index contributed by atoms with van der Waals surface area (Å²) in [7, 11) is 0. The molecular formula is C23H14BrCl2N3O4. The van der Waals surface area contributed by atoms with Gasteiger partial charge in [-0.2, -0.15) is 5.26 Å². The van der Waals surface area contributed by atoms with E-state index in [0.29, 0.717) is 42.7 Å². The monoisotopic (exact) mass is 545 g/mol. The van der Waals surface area contributed by atoms with Crippen molar-refractivity contribution >= 4 is 68.1 Å². The van der Waals surface area contributed by atoms with Gasteiger partial charge in [0.15, 0.2) is 6.61 Å². The second-order valence-corrected chi connectivity index (χ2v) is 8.30. The molecule has 0 unspecified atom stereocenters. The van der Waals surface area contributed by atoms with Crippen LogP contribution in [0.3, 0.4) is 0 Å². The number of ether oxygens (including phenoxy) is 1. The molecule has 3 rings (SSSR count). The number of nitriles is 1. The highest BCUT2D eigenvalue weighted by atomic mass is 79.9. The molecule has 0 saturated carbocycles. The van der Waals surface area contributed by atoms with Crippen LogP contribution < -0.4 is 10.1 Å². The van der Waals surface area contributed by atoms with Crippen LogP contribution in [0.1, 0.15) is 11.1 Å². The molecule has 0 aliphatic rings. The van der Waals surface area contributed by atoms with Crippen molar-refractivity contribution in [1.82, 2.24) is 0 Å². The van der Waals surface area contributed by atoms with Crippen molar-refractivity contribution < 1.29 is 14.5 Å². The fraction of sp³-hybridized carbons (Fsp3) is 0.0435. The molecule has 33 heavy (non-hydrogen) atoms. The maximum absolute atomic E-state index is 12.2. The van der Waals surface area contributed by atoms with Crippen molar-refractivity contribution in [3.63, 3.8) is 0 Å². The number of nitrogens with one attached hydrogen (secondary N) is 1. The first kappa shape index (κ1) is 24.3. The number of anilines is 1. The molecular weight excluding hydrogens is 533 g/mol. The zero-order chi connectivity index (χ0) is 24.0. The van der Waals surface area contributed by atoms with Crippen LogP contribution in [0.25, 0.3) is 11.6 Å². The first-order chi connectivity index (χ1) is 15.8. The molecule has 0 spiro atoms.